The molecule has 0 aromatic heterocycles. The molecule has 4 rings (SSSR count). The van der Waals surface area contributed by atoms with Gasteiger partial charge < -0.3 is 15.0 Å². The van der Waals surface area contributed by atoms with Gasteiger partial charge in [0.05, 0.1) is 6.61 Å². The smallest absolute Gasteiger partial charge is 0.243 e. The number of ether oxygens (including phenoxy) is 1. The first kappa shape index (κ1) is 28.7. The van der Waals surface area contributed by atoms with Crippen LogP contribution < -0.4 is 10.1 Å². The number of benzene rings is 3. The van der Waals surface area contributed by atoms with Gasteiger partial charge in [0.25, 0.3) is 0 Å². The molecule has 206 valence electrons. The molecule has 1 saturated carbocycles. The van der Waals surface area contributed by atoms with E-state index in [4.69, 9.17) is 16.3 Å². The molecule has 0 spiro atoms. The molecule has 1 unspecified atom stereocenters. The van der Waals surface area contributed by atoms with Crippen LogP contribution in [0.5, 0.6) is 5.75 Å². The van der Waals surface area contributed by atoms with E-state index < -0.39 is 6.04 Å². The molecule has 3 aromatic carbocycles. The van der Waals surface area contributed by atoms with E-state index in [-0.39, 0.29) is 17.9 Å². The lowest BCUT2D eigenvalue weighted by atomic mass is 9.94. The van der Waals surface area contributed by atoms with Gasteiger partial charge in [-0.05, 0) is 61.6 Å². The zero-order valence-electron chi connectivity index (χ0n) is 22.8. The molecule has 0 saturated heterocycles. The summed E-state index contributed by atoms with van der Waals surface area (Å²) in [4.78, 5) is 29.4. The molecule has 0 heterocycles. The van der Waals surface area contributed by atoms with Crippen LogP contribution in [0, 0.1) is 6.92 Å². The standard InChI is InChI=1S/C33H39ClN2O3/c1-25-14-16-27(17-15-25)24-36(32(37)13-8-22-39-30-20-18-28(34)19-21-30)31(23-26-9-4-2-5-10-26)33(38)35-29-11-6-3-7-12-29/h2,4-5,9-10,14-21,29,31H,3,6-8,11-13,22-24H2,1H3,(H,35,38). The van der Waals surface area contributed by atoms with Crippen LogP contribution in [0.1, 0.15) is 61.6 Å². The highest BCUT2D eigenvalue weighted by Crippen LogP contribution is 2.21. The van der Waals surface area contributed by atoms with Gasteiger partial charge in [0.15, 0.2) is 0 Å². The average Bonchev–Trinajstić information content (AvgIpc) is 2.96. The van der Waals surface area contributed by atoms with E-state index in [1.54, 1.807) is 17.0 Å². The molecular weight excluding hydrogens is 508 g/mol. The molecule has 2 amide bonds. The van der Waals surface area contributed by atoms with E-state index in [0.29, 0.717) is 37.4 Å². The minimum atomic E-state index is -0.597. The number of carbonyl (C=O) groups excluding carboxylic acids is 2. The first-order valence-corrected chi connectivity index (χ1v) is 14.4. The average molecular weight is 547 g/mol. The molecule has 0 aliphatic heterocycles. The minimum Gasteiger partial charge on any atom is -0.494 e. The predicted octanol–water partition coefficient (Wildman–Crippen LogP) is 6.90. The third kappa shape index (κ3) is 9.14. The lowest BCUT2D eigenvalue weighted by Crippen LogP contribution is -2.52. The van der Waals surface area contributed by atoms with Crippen molar-refractivity contribution < 1.29 is 14.3 Å². The van der Waals surface area contributed by atoms with Crippen molar-refractivity contribution in [1.82, 2.24) is 10.2 Å². The maximum Gasteiger partial charge on any atom is 0.243 e. The number of carbonyl (C=O) groups is 2. The molecule has 1 atom stereocenters. The van der Waals surface area contributed by atoms with Crippen LogP contribution in [0.2, 0.25) is 5.02 Å². The maximum absolute atomic E-state index is 13.8. The summed E-state index contributed by atoms with van der Waals surface area (Å²) in [5.41, 5.74) is 3.20. The Balaban J connectivity index is 1.51. The SMILES string of the molecule is Cc1ccc(CN(C(=O)CCCOc2ccc(Cl)cc2)C(Cc2ccccc2)C(=O)NC2CCCCC2)cc1. The second kappa shape index (κ2) is 14.7. The molecule has 1 aliphatic carbocycles. The molecular formula is C33H39ClN2O3. The number of hydrogen-bond acceptors (Lipinski definition) is 3. The molecule has 1 aliphatic rings. The molecule has 0 radical (unpaired) electrons. The number of aryl methyl sites for hydroxylation is 1. The molecule has 5 nitrogen and oxygen atoms in total. The fourth-order valence-corrected chi connectivity index (χ4v) is 5.20. The van der Waals surface area contributed by atoms with E-state index in [1.165, 1.54) is 6.42 Å². The van der Waals surface area contributed by atoms with Gasteiger partial charge in [-0.25, -0.2) is 0 Å². The minimum absolute atomic E-state index is 0.0463. The van der Waals surface area contributed by atoms with Crippen LogP contribution in [0.25, 0.3) is 0 Å². The van der Waals surface area contributed by atoms with Gasteiger partial charge in [0, 0.05) is 30.5 Å². The van der Waals surface area contributed by atoms with Gasteiger partial charge in [-0.3, -0.25) is 9.59 Å². The zero-order valence-corrected chi connectivity index (χ0v) is 23.5. The lowest BCUT2D eigenvalue weighted by molar-refractivity contribution is -0.141. The van der Waals surface area contributed by atoms with E-state index in [2.05, 4.69) is 5.32 Å². The number of halogens is 1. The van der Waals surface area contributed by atoms with Crippen LogP contribution in [0.3, 0.4) is 0 Å². The molecule has 0 bridgehead atoms. The molecule has 39 heavy (non-hydrogen) atoms. The van der Waals surface area contributed by atoms with Crippen LogP contribution in [0.15, 0.2) is 78.9 Å². The van der Waals surface area contributed by atoms with Crippen molar-refractivity contribution in [3.05, 3.63) is 101 Å². The highest BCUT2D eigenvalue weighted by Gasteiger charge is 2.31. The fraction of sp³-hybridized carbons (Fsp3) is 0.394. The summed E-state index contributed by atoms with van der Waals surface area (Å²) < 4.78 is 5.82. The van der Waals surface area contributed by atoms with Crippen molar-refractivity contribution >= 4 is 23.4 Å². The molecule has 3 aromatic rings. The summed E-state index contributed by atoms with van der Waals surface area (Å²) in [6.45, 7) is 2.83. The van der Waals surface area contributed by atoms with Gasteiger partial charge in [-0.1, -0.05) is 91.0 Å². The summed E-state index contributed by atoms with van der Waals surface area (Å²) in [7, 11) is 0. The largest absolute Gasteiger partial charge is 0.494 e. The van der Waals surface area contributed by atoms with Crippen molar-refractivity contribution in [3.8, 4) is 5.75 Å². The number of nitrogens with zero attached hydrogens (tertiary/aromatic N) is 1. The Bertz CT molecular complexity index is 1180. The zero-order chi connectivity index (χ0) is 27.5. The molecule has 1 fully saturated rings. The summed E-state index contributed by atoms with van der Waals surface area (Å²) in [5, 5.41) is 3.95. The van der Waals surface area contributed by atoms with Crippen LogP contribution in [-0.4, -0.2) is 35.4 Å². The van der Waals surface area contributed by atoms with E-state index >= 15 is 0 Å². The summed E-state index contributed by atoms with van der Waals surface area (Å²) in [5.74, 6) is 0.607. The van der Waals surface area contributed by atoms with Crippen LogP contribution >= 0.6 is 11.6 Å². The first-order valence-electron chi connectivity index (χ1n) is 14.1. The second-order valence-corrected chi connectivity index (χ2v) is 10.9. The molecule has 1 N–H and O–H groups in total. The Labute approximate surface area is 237 Å². The highest BCUT2D eigenvalue weighted by molar-refractivity contribution is 6.30. The number of amides is 2. The Morgan fingerprint density at radius 2 is 1.62 bits per heavy atom. The topological polar surface area (TPSA) is 58.6 Å². The van der Waals surface area contributed by atoms with Gasteiger partial charge in [-0.15, -0.1) is 0 Å². The van der Waals surface area contributed by atoms with Gasteiger partial charge in [-0.2, -0.15) is 0 Å². The van der Waals surface area contributed by atoms with Gasteiger partial charge >= 0.3 is 0 Å². The van der Waals surface area contributed by atoms with E-state index in [9.17, 15) is 9.59 Å². The predicted molar refractivity (Wildman–Crippen MR) is 157 cm³/mol. The Morgan fingerprint density at radius 3 is 2.31 bits per heavy atom. The van der Waals surface area contributed by atoms with Crippen molar-refractivity contribution in [3.63, 3.8) is 0 Å². The van der Waals surface area contributed by atoms with Crippen molar-refractivity contribution in [1.29, 1.82) is 0 Å². The van der Waals surface area contributed by atoms with Crippen LogP contribution in [0.4, 0.5) is 0 Å². The summed E-state index contributed by atoms with van der Waals surface area (Å²) >= 11 is 5.96. The monoisotopic (exact) mass is 546 g/mol. The van der Waals surface area contributed by atoms with E-state index in [1.807, 2.05) is 73.7 Å². The Kier molecular flexibility index (Phi) is 10.8. The lowest BCUT2D eigenvalue weighted by Gasteiger charge is -2.33. The highest BCUT2D eigenvalue weighted by atomic mass is 35.5. The third-order valence-electron chi connectivity index (χ3n) is 7.31. The molecule has 6 heteroatoms. The Morgan fingerprint density at radius 1 is 0.923 bits per heavy atom. The fourth-order valence-electron chi connectivity index (χ4n) is 5.08. The van der Waals surface area contributed by atoms with Crippen LogP contribution in [-0.2, 0) is 22.6 Å². The van der Waals surface area contributed by atoms with Crippen molar-refractivity contribution in [2.24, 2.45) is 0 Å². The number of rotatable bonds is 12. The summed E-state index contributed by atoms with van der Waals surface area (Å²) in [6, 6.07) is 24.9. The first-order chi connectivity index (χ1) is 19.0. The quantitative estimate of drug-likeness (QED) is 0.251. The van der Waals surface area contributed by atoms with Crippen molar-refractivity contribution in [2.45, 2.75) is 76.9 Å². The second-order valence-electron chi connectivity index (χ2n) is 10.5. The maximum atomic E-state index is 13.8. The van der Waals surface area contributed by atoms with Gasteiger partial charge in [0.2, 0.25) is 11.8 Å². The third-order valence-corrected chi connectivity index (χ3v) is 7.57. The Hall–Kier alpha value is -3.31. The normalized spacial score (nSPS) is 14.4. The van der Waals surface area contributed by atoms with Crippen molar-refractivity contribution in [2.75, 3.05) is 6.61 Å². The number of nitrogens with one attached hydrogen (secondary N) is 1. The summed E-state index contributed by atoms with van der Waals surface area (Å²) in [6.07, 6.45) is 6.79. The number of hydrogen-bond donors (Lipinski definition) is 1. The van der Waals surface area contributed by atoms with Gasteiger partial charge in [0.1, 0.15) is 11.8 Å². The van der Waals surface area contributed by atoms with E-state index in [0.717, 1.165) is 48.1 Å².